The molecule has 6 nitrogen and oxygen atoms in total. The number of rotatable bonds is 6. The number of hydrogen-bond acceptors (Lipinski definition) is 7. The number of aryl methyl sites for hydroxylation is 1. The molecule has 146 valence electrons. The van der Waals surface area contributed by atoms with Crippen LogP contribution in [0.3, 0.4) is 0 Å². The van der Waals surface area contributed by atoms with Gasteiger partial charge in [0, 0.05) is 29.9 Å². The Morgan fingerprint density at radius 3 is 2.96 bits per heavy atom. The van der Waals surface area contributed by atoms with Crippen LogP contribution in [0.1, 0.15) is 47.6 Å². The number of carbonyl (C=O) groups is 1. The molecule has 1 amide bonds. The van der Waals surface area contributed by atoms with E-state index >= 15 is 0 Å². The van der Waals surface area contributed by atoms with Gasteiger partial charge in [-0.1, -0.05) is 18.3 Å². The van der Waals surface area contributed by atoms with Gasteiger partial charge < -0.3 is 0 Å². The van der Waals surface area contributed by atoms with Gasteiger partial charge in [0.25, 0.3) is 5.91 Å². The van der Waals surface area contributed by atoms with Gasteiger partial charge in [-0.05, 0) is 49.7 Å². The molecule has 0 aromatic carbocycles. The Balaban J connectivity index is 1.62. The summed E-state index contributed by atoms with van der Waals surface area (Å²) in [5.74, 6) is -0.282. The zero-order chi connectivity index (χ0) is 19.5. The van der Waals surface area contributed by atoms with Crippen molar-refractivity contribution in [1.82, 2.24) is 19.9 Å². The molecule has 1 fully saturated rings. The lowest BCUT2D eigenvalue weighted by Crippen LogP contribution is -2.25. The summed E-state index contributed by atoms with van der Waals surface area (Å²) in [5, 5.41) is 5.70. The highest BCUT2D eigenvalue weighted by Gasteiger charge is 2.24. The molecular formula is C20H23N5OS2. The predicted octanol–water partition coefficient (Wildman–Crippen LogP) is 4.46. The lowest BCUT2D eigenvalue weighted by Gasteiger charge is -2.20. The van der Waals surface area contributed by atoms with Gasteiger partial charge in [0.05, 0.1) is 16.8 Å². The fraction of sp³-hybridized carbons (Fsp3) is 0.400. The van der Waals surface area contributed by atoms with Crippen LogP contribution in [0.15, 0.2) is 30.0 Å². The minimum Gasteiger partial charge on any atom is -0.296 e. The highest BCUT2D eigenvalue weighted by molar-refractivity contribution is 7.17. The first-order valence-electron chi connectivity index (χ1n) is 9.53. The fourth-order valence-corrected chi connectivity index (χ4v) is 5.45. The van der Waals surface area contributed by atoms with Crippen LogP contribution in [-0.2, 0) is 13.0 Å². The SMILES string of the molecule is CCc1csc(-c2nc(NC(=O)c3cnccn3)sc2CN2CCCC2C)c1. The van der Waals surface area contributed by atoms with Gasteiger partial charge in [-0.15, -0.1) is 11.3 Å². The lowest BCUT2D eigenvalue weighted by molar-refractivity contribution is 0.102. The number of nitrogens with one attached hydrogen (secondary N) is 1. The molecule has 0 aliphatic carbocycles. The van der Waals surface area contributed by atoms with E-state index in [9.17, 15) is 4.79 Å². The van der Waals surface area contributed by atoms with Crippen molar-refractivity contribution >= 4 is 33.7 Å². The number of likely N-dealkylation sites (tertiary alicyclic amines) is 1. The summed E-state index contributed by atoms with van der Waals surface area (Å²) >= 11 is 3.28. The molecule has 8 heteroatoms. The van der Waals surface area contributed by atoms with E-state index in [4.69, 9.17) is 4.98 Å². The third-order valence-corrected chi connectivity index (χ3v) is 6.99. The van der Waals surface area contributed by atoms with Crippen molar-refractivity contribution < 1.29 is 4.79 Å². The van der Waals surface area contributed by atoms with E-state index in [1.807, 2.05) is 0 Å². The molecule has 0 saturated carbocycles. The van der Waals surface area contributed by atoms with Crippen LogP contribution in [0.5, 0.6) is 0 Å². The third kappa shape index (κ3) is 4.14. The maximum Gasteiger partial charge on any atom is 0.277 e. The van der Waals surface area contributed by atoms with Crippen LogP contribution in [0.2, 0.25) is 0 Å². The number of thiazole rings is 1. The highest BCUT2D eigenvalue weighted by Crippen LogP contribution is 2.37. The van der Waals surface area contributed by atoms with E-state index in [0.717, 1.165) is 30.1 Å². The second-order valence-corrected chi connectivity index (χ2v) is 8.96. The monoisotopic (exact) mass is 413 g/mol. The quantitative estimate of drug-likeness (QED) is 0.646. The Labute approximate surface area is 172 Å². The van der Waals surface area contributed by atoms with Crippen LogP contribution in [0, 0.1) is 0 Å². The zero-order valence-electron chi connectivity index (χ0n) is 16.0. The molecule has 1 unspecified atom stereocenters. The van der Waals surface area contributed by atoms with Gasteiger partial charge in [0.1, 0.15) is 5.69 Å². The Morgan fingerprint density at radius 2 is 2.29 bits per heavy atom. The molecule has 3 aromatic rings. The number of anilines is 1. The minimum absolute atomic E-state index is 0.282. The van der Waals surface area contributed by atoms with Crippen molar-refractivity contribution in [3.63, 3.8) is 0 Å². The largest absolute Gasteiger partial charge is 0.296 e. The normalized spacial score (nSPS) is 17.1. The van der Waals surface area contributed by atoms with Crippen molar-refractivity contribution in [3.8, 4) is 10.6 Å². The standard InChI is InChI=1S/C20H23N5OS2/c1-3-14-9-16(27-12-14)18-17(11-25-8-4-5-13(25)2)28-20(23-18)24-19(26)15-10-21-6-7-22-15/h6-7,9-10,12-13H,3-5,8,11H2,1-2H3,(H,23,24,26). The Bertz CT molecular complexity index is 953. The Kier molecular flexibility index (Phi) is 5.79. The molecule has 1 saturated heterocycles. The molecule has 4 heterocycles. The maximum absolute atomic E-state index is 12.5. The van der Waals surface area contributed by atoms with Crippen LogP contribution in [-0.4, -0.2) is 38.3 Å². The van der Waals surface area contributed by atoms with Gasteiger partial charge in [0.15, 0.2) is 5.13 Å². The van der Waals surface area contributed by atoms with Gasteiger partial charge in [-0.2, -0.15) is 0 Å². The van der Waals surface area contributed by atoms with E-state index in [2.05, 4.69) is 45.5 Å². The first-order valence-corrected chi connectivity index (χ1v) is 11.2. The molecule has 4 rings (SSSR count). The van der Waals surface area contributed by atoms with Crippen molar-refractivity contribution in [1.29, 1.82) is 0 Å². The molecular weight excluding hydrogens is 390 g/mol. The second-order valence-electron chi connectivity index (χ2n) is 6.97. The van der Waals surface area contributed by atoms with Crippen LogP contribution < -0.4 is 5.32 Å². The minimum atomic E-state index is -0.282. The number of thiophene rings is 1. The van der Waals surface area contributed by atoms with E-state index in [1.165, 1.54) is 35.7 Å². The number of carbonyl (C=O) groups excluding carboxylic acids is 1. The van der Waals surface area contributed by atoms with Crippen molar-refractivity contribution in [2.75, 3.05) is 11.9 Å². The molecule has 0 radical (unpaired) electrons. The summed E-state index contributed by atoms with van der Waals surface area (Å²) in [4.78, 5) is 30.1. The first-order chi connectivity index (χ1) is 13.6. The van der Waals surface area contributed by atoms with E-state index in [0.29, 0.717) is 16.9 Å². The molecule has 28 heavy (non-hydrogen) atoms. The summed E-state index contributed by atoms with van der Waals surface area (Å²) in [6.07, 6.45) is 8.02. The molecule has 3 aromatic heterocycles. The number of aromatic nitrogens is 3. The van der Waals surface area contributed by atoms with E-state index in [1.54, 1.807) is 28.9 Å². The van der Waals surface area contributed by atoms with E-state index in [-0.39, 0.29) is 5.91 Å². The molecule has 1 aliphatic rings. The summed E-state index contributed by atoms with van der Waals surface area (Å²) in [5.41, 5.74) is 2.60. The van der Waals surface area contributed by atoms with Crippen molar-refractivity contribution in [2.24, 2.45) is 0 Å². The first kappa shape index (κ1) is 19.2. The molecule has 0 spiro atoms. The van der Waals surface area contributed by atoms with Crippen LogP contribution in [0.4, 0.5) is 5.13 Å². The average Bonchev–Trinajstić information content (AvgIpc) is 3.43. The van der Waals surface area contributed by atoms with Crippen LogP contribution >= 0.6 is 22.7 Å². The smallest absolute Gasteiger partial charge is 0.277 e. The summed E-state index contributed by atoms with van der Waals surface area (Å²) in [6.45, 7) is 6.43. The zero-order valence-corrected chi connectivity index (χ0v) is 17.6. The van der Waals surface area contributed by atoms with Crippen LogP contribution in [0.25, 0.3) is 10.6 Å². The summed E-state index contributed by atoms with van der Waals surface area (Å²) < 4.78 is 0. The maximum atomic E-state index is 12.5. The van der Waals surface area contributed by atoms with E-state index < -0.39 is 0 Å². The number of amides is 1. The number of nitrogens with zero attached hydrogens (tertiary/aromatic N) is 4. The summed E-state index contributed by atoms with van der Waals surface area (Å²) in [7, 11) is 0. The molecule has 1 aliphatic heterocycles. The topological polar surface area (TPSA) is 71.0 Å². The number of hydrogen-bond donors (Lipinski definition) is 1. The molecule has 1 atom stereocenters. The second kappa shape index (κ2) is 8.46. The fourth-order valence-electron chi connectivity index (χ4n) is 3.38. The third-order valence-electron chi connectivity index (χ3n) is 5.05. The molecule has 0 bridgehead atoms. The van der Waals surface area contributed by atoms with Gasteiger partial charge >= 0.3 is 0 Å². The molecule has 1 N–H and O–H groups in total. The van der Waals surface area contributed by atoms with Crippen molar-refractivity contribution in [3.05, 3.63) is 46.2 Å². The highest BCUT2D eigenvalue weighted by atomic mass is 32.1. The van der Waals surface area contributed by atoms with Crippen molar-refractivity contribution in [2.45, 2.75) is 45.7 Å². The van der Waals surface area contributed by atoms with Gasteiger partial charge in [-0.3, -0.25) is 20.0 Å². The summed E-state index contributed by atoms with van der Waals surface area (Å²) in [6, 6.07) is 2.80. The van der Waals surface area contributed by atoms with Gasteiger partial charge in [0.2, 0.25) is 0 Å². The predicted molar refractivity (Wildman–Crippen MR) is 114 cm³/mol. The lowest BCUT2D eigenvalue weighted by atomic mass is 10.2. The van der Waals surface area contributed by atoms with Gasteiger partial charge in [-0.25, -0.2) is 9.97 Å². The Hall–Kier alpha value is -2.16. The Morgan fingerprint density at radius 1 is 1.39 bits per heavy atom. The average molecular weight is 414 g/mol.